The molecular weight excluding hydrogens is 361 g/mol. The van der Waals surface area contributed by atoms with E-state index in [0.717, 1.165) is 0 Å². The van der Waals surface area contributed by atoms with Gasteiger partial charge in [0.25, 0.3) is 0 Å². The molecule has 3 rings (SSSR count). The van der Waals surface area contributed by atoms with Crippen molar-refractivity contribution in [2.75, 3.05) is 11.1 Å². The van der Waals surface area contributed by atoms with E-state index in [9.17, 15) is 22.4 Å². The highest BCUT2D eigenvalue weighted by molar-refractivity contribution is 7.92. The maximum Gasteiger partial charge on any atom is 0.315 e. The Hall–Kier alpha value is -2.16. The zero-order valence-corrected chi connectivity index (χ0v) is 15.2. The molecule has 1 aromatic carbocycles. The van der Waals surface area contributed by atoms with E-state index in [0.29, 0.717) is 30.5 Å². The van der Waals surface area contributed by atoms with Gasteiger partial charge in [0.2, 0.25) is 5.91 Å². The predicted octanol–water partition coefficient (Wildman–Crippen LogP) is 1.48. The maximum atomic E-state index is 13.1. The van der Waals surface area contributed by atoms with Crippen LogP contribution in [0.15, 0.2) is 18.2 Å². The molecule has 0 aliphatic carbocycles. The average molecular weight is 383 g/mol. The molecule has 0 aromatic heterocycles. The van der Waals surface area contributed by atoms with Gasteiger partial charge in [-0.1, -0.05) is 6.42 Å². The Labute approximate surface area is 151 Å². The van der Waals surface area contributed by atoms with Gasteiger partial charge in [0.05, 0.1) is 23.1 Å². The molecule has 7 nitrogen and oxygen atoms in total. The van der Waals surface area contributed by atoms with Crippen LogP contribution in [0.4, 0.5) is 14.9 Å². The molecule has 1 aromatic rings. The number of aryl methyl sites for hydroxylation is 1. The molecule has 2 saturated heterocycles. The van der Waals surface area contributed by atoms with E-state index in [1.54, 1.807) is 6.92 Å². The third kappa shape index (κ3) is 3.98. The molecule has 0 radical (unpaired) electrons. The molecule has 0 spiro atoms. The average Bonchev–Trinajstić information content (AvgIpc) is 2.99. The molecule has 2 heterocycles. The summed E-state index contributed by atoms with van der Waals surface area (Å²) in [6.07, 6.45) is 1.77. The minimum Gasteiger partial charge on any atom is -0.332 e. The number of carbonyl (C=O) groups is 2. The quantitative estimate of drug-likeness (QED) is 0.511. The van der Waals surface area contributed by atoms with Gasteiger partial charge >= 0.3 is 6.03 Å². The Balaban J connectivity index is 1.46. The number of anilines is 1. The molecule has 2 aliphatic heterocycles. The summed E-state index contributed by atoms with van der Waals surface area (Å²) in [5.74, 6) is -0.585. The van der Waals surface area contributed by atoms with Crippen molar-refractivity contribution in [2.45, 2.75) is 49.9 Å². The highest BCUT2D eigenvalue weighted by atomic mass is 32.2. The van der Waals surface area contributed by atoms with Gasteiger partial charge in [0, 0.05) is 12.1 Å². The molecule has 26 heavy (non-hydrogen) atoms. The Morgan fingerprint density at radius 1 is 1.31 bits per heavy atom. The molecule has 2 fully saturated rings. The van der Waals surface area contributed by atoms with E-state index in [2.05, 4.69) is 16.0 Å². The number of urea groups is 1. The lowest BCUT2D eigenvalue weighted by molar-refractivity contribution is -0.116. The van der Waals surface area contributed by atoms with E-state index in [1.165, 1.54) is 18.2 Å². The normalized spacial score (nSPS) is 26.1. The van der Waals surface area contributed by atoms with Gasteiger partial charge in [-0.25, -0.2) is 17.6 Å². The standard InChI is InChI=1S/C17H22FN3O4S/c1-10-8-11(18)6-7-12(10)19-15(22)5-3-2-4-14-16-13(9-26(14,24)25)20-17(23)21-16/h6-8,13-14,16H,2-5,9H2,1H3,(H,19,22)(H2,20,21,23)/t13-,14-,16+/m1/s1. The summed E-state index contributed by atoms with van der Waals surface area (Å²) in [5.41, 5.74) is 1.21. The van der Waals surface area contributed by atoms with E-state index < -0.39 is 15.1 Å². The highest BCUT2D eigenvalue weighted by Crippen LogP contribution is 2.28. The van der Waals surface area contributed by atoms with Crippen molar-refractivity contribution < 1.29 is 22.4 Å². The molecule has 3 N–H and O–H groups in total. The number of fused-ring (bicyclic) bond motifs is 1. The molecule has 0 unspecified atom stereocenters. The first kappa shape index (κ1) is 18.6. The van der Waals surface area contributed by atoms with Crippen molar-refractivity contribution in [3.8, 4) is 0 Å². The Morgan fingerprint density at radius 3 is 2.81 bits per heavy atom. The topological polar surface area (TPSA) is 104 Å². The maximum absolute atomic E-state index is 13.1. The summed E-state index contributed by atoms with van der Waals surface area (Å²) in [6, 6.07) is 3.08. The van der Waals surface area contributed by atoms with E-state index in [4.69, 9.17) is 0 Å². The fourth-order valence-electron chi connectivity index (χ4n) is 3.62. The van der Waals surface area contributed by atoms with Crippen molar-refractivity contribution in [3.05, 3.63) is 29.6 Å². The first-order valence-electron chi connectivity index (χ1n) is 8.61. The number of unbranched alkanes of at least 4 members (excludes halogenated alkanes) is 1. The zero-order valence-electron chi connectivity index (χ0n) is 14.4. The molecule has 9 heteroatoms. The highest BCUT2D eigenvalue weighted by Gasteiger charge is 2.51. The second-order valence-electron chi connectivity index (χ2n) is 6.87. The minimum absolute atomic E-state index is 0.0363. The number of carbonyl (C=O) groups excluding carboxylic acids is 2. The lowest BCUT2D eigenvalue weighted by Gasteiger charge is -2.16. The number of amides is 3. The molecule has 3 atom stereocenters. The van der Waals surface area contributed by atoms with Crippen molar-refractivity contribution in [1.29, 1.82) is 0 Å². The molecule has 142 valence electrons. The molecule has 0 bridgehead atoms. The van der Waals surface area contributed by atoms with Gasteiger partial charge in [-0.15, -0.1) is 0 Å². The van der Waals surface area contributed by atoms with Crippen LogP contribution in [0.5, 0.6) is 0 Å². The van der Waals surface area contributed by atoms with Crippen LogP contribution in [0.2, 0.25) is 0 Å². The van der Waals surface area contributed by atoms with Crippen LogP contribution >= 0.6 is 0 Å². The number of halogens is 1. The number of nitrogens with one attached hydrogen (secondary N) is 3. The van der Waals surface area contributed by atoms with E-state index in [1.807, 2.05) is 0 Å². The Morgan fingerprint density at radius 2 is 2.08 bits per heavy atom. The summed E-state index contributed by atoms with van der Waals surface area (Å²) < 4.78 is 37.5. The number of benzene rings is 1. The van der Waals surface area contributed by atoms with Crippen LogP contribution in [0.1, 0.15) is 31.2 Å². The smallest absolute Gasteiger partial charge is 0.315 e. The van der Waals surface area contributed by atoms with Crippen molar-refractivity contribution in [1.82, 2.24) is 10.6 Å². The Kier molecular flexibility index (Phi) is 5.17. The van der Waals surface area contributed by atoms with E-state index >= 15 is 0 Å². The van der Waals surface area contributed by atoms with E-state index in [-0.39, 0.29) is 42.0 Å². The molecule has 3 amide bonds. The third-order valence-corrected chi connectivity index (χ3v) is 7.20. The number of hydrogen-bond donors (Lipinski definition) is 3. The summed E-state index contributed by atoms with van der Waals surface area (Å²) in [6.45, 7) is 1.71. The van der Waals surface area contributed by atoms with Crippen LogP contribution in [0.3, 0.4) is 0 Å². The second-order valence-corrected chi connectivity index (χ2v) is 9.14. The second kappa shape index (κ2) is 7.22. The van der Waals surface area contributed by atoms with Crippen molar-refractivity contribution >= 4 is 27.5 Å². The van der Waals surface area contributed by atoms with Gasteiger partial charge in [0.15, 0.2) is 9.84 Å². The van der Waals surface area contributed by atoms with Gasteiger partial charge < -0.3 is 16.0 Å². The van der Waals surface area contributed by atoms with Gasteiger partial charge in [0.1, 0.15) is 5.82 Å². The first-order chi connectivity index (χ1) is 12.3. The van der Waals surface area contributed by atoms with Gasteiger partial charge in [-0.2, -0.15) is 0 Å². The third-order valence-electron chi connectivity index (χ3n) is 4.93. The fourth-order valence-corrected chi connectivity index (χ4v) is 5.89. The molecular formula is C17H22FN3O4S. The number of rotatable bonds is 6. The van der Waals surface area contributed by atoms with Crippen LogP contribution in [0.25, 0.3) is 0 Å². The SMILES string of the molecule is Cc1cc(F)ccc1NC(=O)CCCC[C@@H]1[C@H]2NC(=O)N[C@@H]2CS1(=O)=O. The molecule has 0 saturated carbocycles. The lowest BCUT2D eigenvalue weighted by atomic mass is 10.0. The summed E-state index contributed by atoms with van der Waals surface area (Å²) >= 11 is 0. The van der Waals surface area contributed by atoms with Crippen LogP contribution in [0, 0.1) is 12.7 Å². The Bertz CT molecular complexity index is 827. The summed E-state index contributed by atoms with van der Waals surface area (Å²) in [7, 11) is -3.24. The minimum atomic E-state index is -3.24. The van der Waals surface area contributed by atoms with Crippen LogP contribution in [-0.2, 0) is 14.6 Å². The first-order valence-corrected chi connectivity index (χ1v) is 10.3. The predicted molar refractivity (Wildman–Crippen MR) is 95.1 cm³/mol. The van der Waals surface area contributed by atoms with Crippen LogP contribution in [-0.4, -0.2) is 43.4 Å². The fraction of sp³-hybridized carbons (Fsp3) is 0.529. The zero-order chi connectivity index (χ0) is 18.9. The van der Waals surface area contributed by atoms with Crippen molar-refractivity contribution in [3.63, 3.8) is 0 Å². The van der Waals surface area contributed by atoms with Crippen LogP contribution < -0.4 is 16.0 Å². The number of hydrogen-bond acceptors (Lipinski definition) is 4. The van der Waals surface area contributed by atoms with Gasteiger partial charge in [-0.3, -0.25) is 4.79 Å². The van der Waals surface area contributed by atoms with Crippen molar-refractivity contribution in [2.24, 2.45) is 0 Å². The summed E-state index contributed by atoms with van der Waals surface area (Å²) in [5, 5.41) is 7.43. The lowest BCUT2D eigenvalue weighted by Crippen LogP contribution is -2.39. The number of sulfone groups is 1. The van der Waals surface area contributed by atoms with Gasteiger partial charge in [-0.05, 0) is 43.5 Å². The summed E-state index contributed by atoms with van der Waals surface area (Å²) in [4.78, 5) is 23.4. The monoisotopic (exact) mass is 383 g/mol. The molecule has 2 aliphatic rings. The largest absolute Gasteiger partial charge is 0.332 e.